The van der Waals surface area contributed by atoms with Gasteiger partial charge in [0.05, 0.1) is 0 Å². The summed E-state index contributed by atoms with van der Waals surface area (Å²) in [5.74, 6) is 0.553. The van der Waals surface area contributed by atoms with Gasteiger partial charge in [0.15, 0.2) is 0 Å². The van der Waals surface area contributed by atoms with E-state index in [0.29, 0.717) is 18.5 Å². The highest BCUT2D eigenvalue weighted by atomic mass is 16.5. The maximum atomic E-state index is 12.7. The molecule has 4 heteroatoms. The molecular weight excluding hydrogens is 240 g/mol. The zero-order valence-corrected chi connectivity index (χ0v) is 12.0. The minimum absolute atomic E-state index is 0.188. The van der Waals surface area contributed by atoms with Crippen molar-refractivity contribution in [3.05, 3.63) is 0 Å². The molecule has 1 aliphatic heterocycles. The normalized spacial score (nSPS) is 22.4. The third-order valence-electron chi connectivity index (χ3n) is 4.47. The topological polar surface area (TPSA) is 55.6 Å². The van der Waals surface area contributed by atoms with Gasteiger partial charge in [-0.25, -0.2) is 0 Å². The van der Waals surface area contributed by atoms with E-state index in [1.54, 1.807) is 0 Å². The second kappa shape index (κ2) is 7.85. The summed E-state index contributed by atoms with van der Waals surface area (Å²) in [5, 5.41) is 0. The van der Waals surface area contributed by atoms with Gasteiger partial charge in [-0.2, -0.15) is 0 Å². The third-order valence-corrected chi connectivity index (χ3v) is 4.47. The van der Waals surface area contributed by atoms with E-state index in [4.69, 9.17) is 10.5 Å². The molecule has 1 aliphatic carbocycles. The van der Waals surface area contributed by atoms with E-state index in [-0.39, 0.29) is 5.92 Å². The first-order chi connectivity index (χ1) is 9.33. The molecule has 2 aliphatic rings. The molecule has 4 nitrogen and oxygen atoms in total. The Hall–Kier alpha value is -0.610. The number of nitrogens with two attached hydrogens (primary N) is 1. The summed E-state index contributed by atoms with van der Waals surface area (Å²) in [4.78, 5) is 14.9. The SMILES string of the molecule is NCCCN(C(=O)C1CCOCC1)C1CCCCC1. The number of rotatable bonds is 5. The van der Waals surface area contributed by atoms with Crippen molar-refractivity contribution in [2.45, 2.75) is 57.4 Å². The molecule has 0 aromatic heterocycles. The van der Waals surface area contributed by atoms with Crippen LogP contribution in [0.1, 0.15) is 51.4 Å². The number of carbonyl (C=O) groups excluding carboxylic acids is 1. The second-order valence-corrected chi connectivity index (χ2v) is 5.85. The van der Waals surface area contributed by atoms with Gasteiger partial charge in [-0.05, 0) is 38.6 Å². The number of hydrogen-bond acceptors (Lipinski definition) is 3. The van der Waals surface area contributed by atoms with Crippen molar-refractivity contribution in [2.75, 3.05) is 26.3 Å². The summed E-state index contributed by atoms with van der Waals surface area (Å²) in [6.45, 7) is 3.00. The fraction of sp³-hybridized carbons (Fsp3) is 0.933. The van der Waals surface area contributed by atoms with Crippen LogP contribution in [0.15, 0.2) is 0 Å². The Morgan fingerprint density at radius 2 is 1.79 bits per heavy atom. The molecule has 19 heavy (non-hydrogen) atoms. The van der Waals surface area contributed by atoms with Gasteiger partial charge in [-0.15, -0.1) is 0 Å². The smallest absolute Gasteiger partial charge is 0.226 e. The average Bonchev–Trinajstić information content (AvgIpc) is 2.49. The molecule has 0 aromatic carbocycles. The lowest BCUT2D eigenvalue weighted by molar-refractivity contribution is -0.141. The Morgan fingerprint density at radius 1 is 1.11 bits per heavy atom. The van der Waals surface area contributed by atoms with E-state index in [9.17, 15) is 4.79 Å². The number of amides is 1. The monoisotopic (exact) mass is 268 g/mol. The average molecular weight is 268 g/mol. The summed E-state index contributed by atoms with van der Waals surface area (Å²) >= 11 is 0. The highest BCUT2D eigenvalue weighted by Crippen LogP contribution is 2.26. The van der Waals surface area contributed by atoms with Crippen molar-refractivity contribution in [3.63, 3.8) is 0 Å². The summed E-state index contributed by atoms with van der Waals surface area (Å²) in [6.07, 6.45) is 8.93. The Kier molecular flexibility index (Phi) is 6.11. The van der Waals surface area contributed by atoms with E-state index in [1.165, 1.54) is 32.1 Å². The first kappa shape index (κ1) is 14.8. The van der Waals surface area contributed by atoms with Crippen LogP contribution in [0.3, 0.4) is 0 Å². The highest BCUT2D eigenvalue weighted by Gasteiger charge is 2.31. The number of nitrogens with zero attached hydrogens (tertiary/aromatic N) is 1. The van der Waals surface area contributed by atoms with E-state index in [2.05, 4.69) is 4.90 Å². The molecule has 1 amide bonds. The second-order valence-electron chi connectivity index (χ2n) is 5.85. The molecule has 2 rings (SSSR count). The van der Waals surface area contributed by atoms with Crippen LogP contribution in [0.2, 0.25) is 0 Å². The van der Waals surface area contributed by atoms with E-state index < -0.39 is 0 Å². The van der Waals surface area contributed by atoms with Gasteiger partial charge in [0, 0.05) is 31.7 Å². The van der Waals surface area contributed by atoms with Crippen LogP contribution in [-0.4, -0.2) is 43.2 Å². The Balaban J connectivity index is 1.95. The molecular formula is C15H28N2O2. The van der Waals surface area contributed by atoms with Crippen LogP contribution in [0.4, 0.5) is 0 Å². The van der Waals surface area contributed by atoms with E-state index in [0.717, 1.165) is 39.0 Å². The molecule has 2 N–H and O–H groups in total. The summed E-state index contributed by atoms with van der Waals surface area (Å²) in [6, 6.07) is 0.468. The molecule has 0 radical (unpaired) electrons. The van der Waals surface area contributed by atoms with Gasteiger partial charge in [0.2, 0.25) is 5.91 Å². The number of ether oxygens (including phenoxy) is 1. The molecule has 0 spiro atoms. The van der Waals surface area contributed by atoms with Crippen LogP contribution in [0.25, 0.3) is 0 Å². The predicted molar refractivity (Wildman–Crippen MR) is 75.8 cm³/mol. The van der Waals surface area contributed by atoms with Crippen LogP contribution in [0, 0.1) is 5.92 Å². The van der Waals surface area contributed by atoms with Crippen molar-refractivity contribution in [1.29, 1.82) is 0 Å². The zero-order valence-electron chi connectivity index (χ0n) is 12.0. The van der Waals surface area contributed by atoms with Crippen LogP contribution in [0.5, 0.6) is 0 Å². The van der Waals surface area contributed by atoms with Gasteiger partial charge >= 0.3 is 0 Å². The quantitative estimate of drug-likeness (QED) is 0.829. The lowest BCUT2D eigenvalue weighted by Crippen LogP contribution is -2.46. The zero-order chi connectivity index (χ0) is 13.5. The number of hydrogen-bond donors (Lipinski definition) is 1. The lowest BCUT2D eigenvalue weighted by Gasteiger charge is -2.37. The van der Waals surface area contributed by atoms with Crippen LogP contribution >= 0.6 is 0 Å². The van der Waals surface area contributed by atoms with Crippen molar-refractivity contribution in [3.8, 4) is 0 Å². The molecule has 1 heterocycles. The van der Waals surface area contributed by atoms with Crippen molar-refractivity contribution in [2.24, 2.45) is 11.7 Å². The largest absolute Gasteiger partial charge is 0.381 e. The maximum absolute atomic E-state index is 12.7. The summed E-state index contributed by atoms with van der Waals surface area (Å²) in [7, 11) is 0. The van der Waals surface area contributed by atoms with Gasteiger partial charge in [-0.1, -0.05) is 19.3 Å². The molecule has 0 atom stereocenters. The maximum Gasteiger partial charge on any atom is 0.226 e. The fourth-order valence-electron chi connectivity index (χ4n) is 3.31. The Labute approximate surface area is 116 Å². The van der Waals surface area contributed by atoms with Gasteiger partial charge in [0.25, 0.3) is 0 Å². The molecule has 0 bridgehead atoms. The molecule has 1 saturated carbocycles. The first-order valence-corrected chi connectivity index (χ1v) is 7.91. The molecule has 0 aromatic rings. The standard InChI is InChI=1S/C15H28N2O2/c16-9-4-10-17(14-5-2-1-3-6-14)15(18)13-7-11-19-12-8-13/h13-14H,1-12,16H2. The molecule has 2 fully saturated rings. The van der Waals surface area contributed by atoms with Gasteiger partial charge in [0.1, 0.15) is 0 Å². The van der Waals surface area contributed by atoms with Gasteiger partial charge < -0.3 is 15.4 Å². The third kappa shape index (κ3) is 4.18. The van der Waals surface area contributed by atoms with Crippen molar-refractivity contribution in [1.82, 2.24) is 4.90 Å². The van der Waals surface area contributed by atoms with Gasteiger partial charge in [-0.3, -0.25) is 4.79 Å². The summed E-state index contributed by atoms with van der Waals surface area (Å²) in [5.41, 5.74) is 5.63. The summed E-state index contributed by atoms with van der Waals surface area (Å²) < 4.78 is 5.37. The van der Waals surface area contributed by atoms with Crippen molar-refractivity contribution < 1.29 is 9.53 Å². The van der Waals surface area contributed by atoms with Crippen molar-refractivity contribution >= 4 is 5.91 Å². The molecule has 0 unspecified atom stereocenters. The lowest BCUT2D eigenvalue weighted by atomic mass is 9.91. The fourth-order valence-corrected chi connectivity index (χ4v) is 3.31. The highest BCUT2D eigenvalue weighted by molar-refractivity contribution is 5.79. The minimum atomic E-state index is 0.188. The van der Waals surface area contributed by atoms with Crippen LogP contribution in [-0.2, 0) is 9.53 Å². The predicted octanol–water partition coefficient (Wildman–Crippen LogP) is 1.92. The van der Waals surface area contributed by atoms with E-state index >= 15 is 0 Å². The van der Waals surface area contributed by atoms with Crippen LogP contribution < -0.4 is 5.73 Å². The van der Waals surface area contributed by atoms with E-state index in [1.807, 2.05) is 0 Å². The Bertz CT molecular complexity index is 271. The first-order valence-electron chi connectivity index (χ1n) is 7.91. The molecule has 1 saturated heterocycles. The Morgan fingerprint density at radius 3 is 2.42 bits per heavy atom. The number of carbonyl (C=O) groups is 1. The minimum Gasteiger partial charge on any atom is -0.381 e. The molecule has 110 valence electrons.